The van der Waals surface area contributed by atoms with Gasteiger partial charge in [-0.15, -0.1) is 11.3 Å². The molecule has 0 aliphatic rings. The van der Waals surface area contributed by atoms with E-state index in [0.717, 1.165) is 14.6 Å². The Morgan fingerprint density at radius 2 is 2.09 bits per heavy atom. The molecule has 2 rings (SSSR count). The Morgan fingerprint density at radius 1 is 1.36 bits per heavy atom. The zero-order chi connectivity index (χ0) is 16.1. The number of carbonyl (C=O) groups excluding carboxylic acids is 1. The molecule has 0 radical (unpaired) electrons. The van der Waals surface area contributed by atoms with Crippen LogP contribution in [0.25, 0.3) is 10.2 Å². The monoisotopic (exact) mass is 338 g/mol. The van der Waals surface area contributed by atoms with Crippen molar-refractivity contribution in [2.75, 3.05) is 5.75 Å². The summed E-state index contributed by atoms with van der Waals surface area (Å²) in [7, 11) is 0. The number of carboxylic acid groups (broad SMARTS) is 1. The largest absolute Gasteiger partial charge is 0.480 e. The minimum Gasteiger partial charge on any atom is -0.480 e. The molecule has 5 nitrogen and oxygen atoms in total. The van der Waals surface area contributed by atoms with Crippen LogP contribution in [0.1, 0.15) is 20.3 Å². The number of thioether (sulfide) groups is 1. The van der Waals surface area contributed by atoms with Crippen molar-refractivity contribution in [3.8, 4) is 0 Å². The summed E-state index contributed by atoms with van der Waals surface area (Å²) in [6.45, 7) is 3.86. The van der Waals surface area contributed by atoms with Crippen LogP contribution < -0.4 is 5.32 Å². The molecule has 0 aliphatic carbocycles. The van der Waals surface area contributed by atoms with E-state index in [1.807, 2.05) is 38.1 Å². The summed E-state index contributed by atoms with van der Waals surface area (Å²) < 4.78 is 1.89. The fraction of sp³-hybridized carbons (Fsp3) is 0.400. The Morgan fingerprint density at radius 3 is 2.73 bits per heavy atom. The van der Waals surface area contributed by atoms with E-state index in [1.165, 1.54) is 23.1 Å². The zero-order valence-corrected chi connectivity index (χ0v) is 14.0. The molecule has 118 valence electrons. The van der Waals surface area contributed by atoms with Gasteiger partial charge in [-0.1, -0.05) is 37.7 Å². The number of amides is 1. The molecule has 2 N–H and O–H groups in total. The molecular formula is C15H18N2O3S2. The lowest BCUT2D eigenvalue weighted by molar-refractivity contribution is -0.141. The third-order valence-electron chi connectivity index (χ3n) is 2.94. The molecule has 0 saturated heterocycles. The summed E-state index contributed by atoms with van der Waals surface area (Å²) >= 11 is 2.86. The Labute approximate surface area is 137 Å². The number of thiazole rings is 1. The smallest absolute Gasteiger partial charge is 0.326 e. The van der Waals surface area contributed by atoms with Gasteiger partial charge in [0.25, 0.3) is 0 Å². The Kier molecular flexibility index (Phi) is 5.79. The number of nitrogens with zero attached hydrogens (tertiary/aromatic N) is 1. The molecule has 0 aliphatic heterocycles. The molecule has 0 spiro atoms. The van der Waals surface area contributed by atoms with E-state index in [0.29, 0.717) is 6.42 Å². The first-order chi connectivity index (χ1) is 10.5. The number of para-hydroxylation sites is 1. The number of hydrogen-bond acceptors (Lipinski definition) is 5. The highest BCUT2D eigenvalue weighted by Gasteiger charge is 2.21. The SMILES string of the molecule is CC(C)C[C@H](NC(=O)CSc1nc2ccccc2s1)C(=O)O. The average molecular weight is 338 g/mol. The van der Waals surface area contributed by atoms with E-state index in [9.17, 15) is 9.59 Å². The Balaban J connectivity index is 1.90. The van der Waals surface area contributed by atoms with Crippen LogP contribution in [-0.2, 0) is 9.59 Å². The van der Waals surface area contributed by atoms with Crippen molar-refractivity contribution in [2.24, 2.45) is 5.92 Å². The van der Waals surface area contributed by atoms with Gasteiger partial charge in [-0.3, -0.25) is 4.79 Å². The van der Waals surface area contributed by atoms with E-state index in [4.69, 9.17) is 5.11 Å². The minimum absolute atomic E-state index is 0.168. The highest BCUT2D eigenvalue weighted by Crippen LogP contribution is 2.29. The molecule has 1 heterocycles. The third-order valence-corrected chi connectivity index (χ3v) is 5.12. The van der Waals surface area contributed by atoms with Crippen molar-refractivity contribution in [1.29, 1.82) is 0 Å². The number of carbonyl (C=O) groups is 2. The third kappa shape index (κ3) is 4.71. The molecule has 0 unspecified atom stereocenters. The van der Waals surface area contributed by atoms with Crippen molar-refractivity contribution in [3.63, 3.8) is 0 Å². The minimum atomic E-state index is -0.993. The lowest BCUT2D eigenvalue weighted by Gasteiger charge is -2.16. The van der Waals surface area contributed by atoms with Crippen molar-refractivity contribution < 1.29 is 14.7 Å². The topological polar surface area (TPSA) is 79.3 Å². The normalized spacial score (nSPS) is 12.5. The fourth-order valence-corrected chi connectivity index (χ4v) is 3.85. The standard InChI is InChI=1S/C15H18N2O3S2/c1-9(2)7-11(14(19)20)16-13(18)8-21-15-17-10-5-3-4-6-12(10)22-15/h3-6,9,11H,7-8H2,1-2H3,(H,16,18)(H,19,20)/t11-/m0/s1. The maximum Gasteiger partial charge on any atom is 0.326 e. The molecule has 1 aromatic carbocycles. The van der Waals surface area contributed by atoms with Gasteiger partial charge in [-0.25, -0.2) is 9.78 Å². The molecule has 1 amide bonds. The average Bonchev–Trinajstić information content (AvgIpc) is 2.86. The summed E-state index contributed by atoms with van der Waals surface area (Å²) in [5, 5.41) is 11.7. The molecule has 0 saturated carbocycles. The molecule has 7 heteroatoms. The second kappa shape index (κ2) is 7.60. The van der Waals surface area contributed by atoms with Crippen molar-refractivity contribution in [1.82, 2.24) is 10.3 Å². The van der Waals surface area contributed by atoms with Gasteiger partial charge in [-0.2, -0.15) is 0 Å². The highest BCUT2D eigenvalue weighted by atomic mass is 32.2. The lowest BCUT2D eigenvalue weighted by atomic mass is 10.0. The summed E-state index contributed by atoms with van der Waals surface area (Å²) in [6.07, 6.45) is 0.423. The van der Waals surface area contributed by atoms with Crippen molar-refractivity contribution >= 4 is 45.2 Å². The van der Waals surface area contributed by atoms with Gasteiger partial charge in [0.2, 0.25) is 5.91 Å². The van der Waals surface area contributed by atoms with E-state index < -0.39 is 12.0 Å². The summed E-state index contributed by atoms with van der Waals surface area (Å²) in [6, 6.07) is 6.96. The van der Waals surface area contributed by atoms with E-state index in [-0.39, 0.29) is 17.6 Å². The van der Waals surface area contributed by atoms with Crippen LogP contribution in [0.15, 0.2) is 28.6 Å². The van der Waals surface area contributed by atoms with Crippen LogP contribution in [0, 0.1) is 5.92 Å². The number of aromatic nitrogens is 1. The number of rotatable bonds is 7. The summed E-state index contributed by atoms with van der Waals surface area (Å²) in [5.74, 6) is -0.899. The lowest BCUT2D eigenvalue weighted by Crippen LogP contribution is -2.42. The van der Waals surface area contributed by atoms with Crippen LogP contribution in [0.5, 0.6) is 0 Å². The van der Waals surface area contributed by atoms with Gasteiger partial charge in [0, 0.05) is 0 Å². The van der Waals surface area contributed by atoms with Crippen LogP contribution in [0.2, 0.25) is 0 Å². The molecule has 22 heavy (non-hydrogen) atoms. The fourth-order valence-electron chi connectivity index (χ4n) is 1.97. The van der Waals surface area contributed by atoms with Crippen molar-refractivity contribution in [3.05, 3.63) is 24.3 Å². The van der Waals surface area contributed by atoms with Gasteiger partial charge in [0.1, 0.15) is 6.04 Å². The number of benzene rings is 1. The Bertz CT molecular complexity index is 637. The molecule has 0 fully saturated rings. The van der Waals surface area contributed by atoms with E-state index in [1.54, 1.807) is 0 Å². The second-order valence-corrected chi connectivity index (χ2v) is 7.58. The molecule has 0 bridgehead atoms. The summed E-state index contributed by atoms with van der Waals surface area (Å²) in [5.41, 5.74) is 0.915. The first kappa shape index (κ1) is 16.8. The molecule has 2 aromatic rings. The predicted octanol–water partition coefficient (Wildman–Crippen LogP) is 3.00. The molecular weight excluding hydrogens is 320 g/mol. The Hall–Kier alpha value is -1.60. The quantitative estimate of drug-likeness (QED) is 0.759. The van der Waals surface area contributed by atoms with Crippen LogP contribution in [0.4, 0.5) is 0 Å². The first-order valence-corrected chi connectivity index (χ1v) is 8.76. The highest BCUT2D eigenvalue weighted by molar-refractivity contribution is 8.01. The maximum absolute atomic E-state index is 11.9. The van der Waals surface area contributed by atoms with Crippen LogP contribution in [-0.4, -0.2) is 33.8 Å². The van der Waals surface area contributed by atoms with E-state index in [2.05, 4.69) is 10.3 Å². The van der Waals surface area contributed by atoms with Crippen LogP contribution in [0.3, 0.4) is 0 Å². The number of aliphatic carboxylic acids is 1. The maximum atomic E-state index is 11.9. The number of fused-ring (bicyclic) bond motifs is 1. The molecule has 1 aromatic heterocycles. The summed E-state index contributed by atoms with van der Waals surface area (Å²) in [4.78, 5) is 27.5. The second-order valence-electron chi connectivity index (χ2n) is 5.32. The number of hydrogen-bond donors (Lipinski definition) is 2. The van der Waals surface area contributed by atoms with Gasteiger partial charge >= 0.3 is 5.97 Å². The predicted molar refractivity (Wildman–Crippen MR) is 89.4 cm³/mol. The molecule has 1 atom stereocenters. The van der Waals surface area contributed by atoms with Gasteiger partial charge in [-0.05, 0) is 24.5 Å². The zero-order valence-electron chi connectivity index (χ0n) is 12.4. The van der Waals surface area contributed by atoms with Gasteiger partial charge in [0.15, 0.2) is 4.34 Å². The van der Waals surface area contributed by atoms with E-state index >= 15 is 0 Å². The van der Waals surface area contributed by atoms with Gasteiger partial charge < -0.3 is 10.4 Å². The van der Waals surface area contributed by atoms with Crippen molar-refractivity contribution in [2.45, 2.75) is 30.6 Å². The number of nitrogens with one attached hydrogen (secondary N) is 1. The first-order valence-electron chi connectivity index (χ1n) is 6.96. The number of carboxylic acids is 1. The van der Waals surface area contributed by atoms with Crippen LogP contribution >= 0.6 is 23.1 Å². The van der Waals surface area contributed by atoms with Gasteiger partial charge in [0.05, 0.1) is 16.0 Å².